The average Bonchev–Trinajstić information content (AvgIpc) is 4.10. The van der Waals surface area contributed by atoms with Crippen LogP contribution < -0.4 is 26.2 Å². The molecular weight excluding hydrogens is 1050 g/mol. The highest BCUT2D eigenvalue weighted by Gasteiger charge is 2.42. The number of aryl methyl sites for hydroxylation is 1. The number of halogens is 5. The number of unbranched alkanes of at least 4 members (excludes halogenated alkanes) is 1. The molecule has 3 aromatic carbocycles. The van der Waals surface area contributed by atoms with E-state index in [0.717, 1.165) is 33.8 Å². The molecule has 5 heterocycles. The topological polar surface area (TPSA) is 175 Å². The Morgan fingerprint density at radius 2 is 1.57 bits per heavy atom. The van der Waals surface area contributed by atoms with Crippen molar-refractivity contribution < 1.29 is 45.9 Å². The lowest BCUT2D eigenvalue weighted by Crippen LogP contribution is -2.57. The predicted molar refractivity (Wildman–Crippen MR) is 295 cm³/mol. The van der Waals surface area contributed by atoms with Gasteiger partial charge in [0.25, 0.3) is 5.91 Å². The van der Waals surface area contributed by atoms with Crippen LogP contribution in [0.1, 0.15) is 106 Å². The first-order chi connectivity index (χ1) is 37.5. The Morgan fingerprint density at radius 1 is 0.873 bits per heavy atom. The van der Waals surface area contributed by atoms with Crippen LogP contribution in [0.3, 0.4) is 0 Å². The molecule has 4 N–H and O–H groups in total. The van der Waals surface area contributed by atoms with E-state index >= 15 is 4.39 Å². The van der Waals surface area contributed by atoms with Crippen LogP contribution in [0.15, 0.2) is 71.3 Å². The molecule has 0 aliphatic carbocycles. The van der Waals surface area contributed by atoms with Gasteiger partial charge in [-0.2, -0.15) is 13.2 Å². The molecule has 79 heavy (non-hydrogen) atoms. The van der Waals surface area contributed by atoms with Crippen LogP contribution in [0.25, 0.3) is 16.0 Å². The molecular formula is C57H70F5N11O5S. The minimum absolute atomic E-state index is 0.0284. The minimum atomic E-state index is -5.02. The third-order valence-corrected chi connectivity index (χ3v) is 16.3. The molecule has 5 amide bonds. The molecule has 4 atom stereocenters. The number of piperazine rings is 2. The van der Waals surface area contributed by atoms with Gasteiger partial charge in [0.05, 0.1) is 45.1 Å². The molecule has 3 fully saturated rings. The molecule has 1 aromatic heterocycles. The Hall–Kier alpha value is -6.94. The van der Waals surface area contributed by atoms with Gasteiger partial charge in [-0.15, -0.1) is 11.3 Å². The number of aromatic nitrogens is 1. The van der Waals surface area contributed by atoms with E-state index in [9.17, 15) is 41.5 Å². The second-order valence-corrected chi connectivity index (χ2v) is 22.9. The first-order valence-electron chi connectivity index (χ1n) is 26.9. The number of likely N-dealkylation sites (tertiary alicyclic amines) is 1. The smallest absolute Gasteiger partial charge is 0.367 e. The molecule has 8 rings (SSSR count). The number of guanidine groups is 1. The monoisotopic (exact) mass is 1120 g/mol. The van der Waals surface area contributed by atoms with Crippen molar-refractivity contribution in [3.8, 4) is 10.4 Å². The summed E-state index contributed by atoms with van der Waals surface area (Å²) in [5.41, 5.74) is 2.76. The van der Waals surface area contributed by atoms with Crippen LogP contribution >= 0.6 is 11.3 Å². The maximum Gasteiger partial charge on any atom is 0.417 e. The van der Waals surface area contributed by atoms with Gasteiger partial charge in [0.15, 0.2) is 5.96 Å². The normalized spacial score (nSPS) is 19.6. The largest absolute Gasteiger partial charge is 0.417 e. The van der Waals surface area contributed by atoms with Crippen LogP contribution in [-0.2, 0) is 31.9 Å². The number of likely N-dealkylation sites (N-methyl/N-ethyl adjacent to an activating group) is 1. The van der Waals surface area contributed by atoms with Gasteiger partial charge >= 0.3 is 6.18 Å². The van der Waals surface area contributed by atoms with E-state index in [1.165, 1.54) is 12.1 Å². The van der Waals surface area contributed by atoms with Crippen molar-refractivity contribution >= 4 is 63.8 Å². The number of alkyl halides is 3. The fourth-order valence-electron chi connectivity index (χ4n) is 10.6. The number of carbonyl (C=O) groups excluding carboxylic acids is 5. The fraction of sp³-hybridized carbons (Fsp3) is 0.491. The number of anilines is 2. The van der Waals surface area contributed by atoms with Crippen molar-refractivity contribution in [2.45, 2.75) is 117 Å². The van der Waals surface area contributed by atoms with Crippen molar-refractivity contribution in [1.82, 2.24) is 40.5 Å². The minimum Gasteiger partial charge on any atom is -0.367 e. The maximum absolute atomic E-state index is 16.2. The van der Waals surface area contributed by atoms with Gasteiger partial charge in [-0.25, -0.2) is 18.8 Å². The summed E-state index contributed by atoms with van der Waals surface area (Å²) in [7, 11) is 1.97. The molecule has 16 nitrogen and oxygen atoms in total. The molecule has 0 bridgehead atoms. The van der Waals surface area contributed by atoms with E-state index < -0.39 is 52.3 Å². The summed E-state index contributed by atoms with van der Waals surface area (Å²) in [6, 6.07) is 11.0. The van der Waals surface area contributed by atoms with Gasteiger partial charge in [0.1, 0.15) is 23.7 Å². The standard InChI is InChI=1S/C57H70F5N11O5S/c1-34-31-72(32-35(2)69(34)7)47-27-44(59)42(26-45(47)67-52(76)41-19-18-40(58)25-43(41)57(60,61)62)39-29-64-55(65-30-39)71-23-21-70(22-24-71)49(75)13-9-8-12-48(74)68-51(56(4,5)6)54(78)73-20-10-11-46(73)53(77)63-28-37-14-16-38(17-15-37)50-36(3)66-33-79-50/h14-19,25-27,29,33-35,46,51H,8-13,20-24,28,30-32H2,1-7H3,(H,63,77)(H,64,65)(H,67,76)(H,68,74)/t34-,35+,46-,51+/m0/s1. The summed E-state index contributed by atoms with van der Waals surface area (Å²) >= 11 is 1.58. The zero-order chi connectivity index (χ0) is 56.9. The van der Waals surface area contributed by atoms with Gasteiger partial charge in [-0.3, -0.25) is 28.9 Å². The molecule has 4 aliphatic rings. The van der Waals surface area contributed by atoms with Gasteiger partial charge in [0, 0.05) is 89.0 Å². The lowest BCUT2D eigenvalue weighted by molar-refractivity contribution is -0.144. The third-order valence-electron chi connectivity index (χ3n) is 15.3. The molecule has 22 heteroatoms. The Kier molecular flexibility index (Phi) is 18.1. The van der Waals surface area contributed by atoms with Crippen molar-refractivity contribution in [1.29, 1.82) is 0 Å². The summed E-state index contributed by atoms with van der Waals surface area (Å²) in [6.45, 7) is 15.0. The molecule has 0 radical (unpaired) electrons. The highest BCUT2D eigenvalue weighted by molar-refractivity contribution is 7.13. The summed E-state index contributed by atoms with van der Waals surface area (Å²) < 4.78 is 72.2. The number of carbonyl (C=O) groups is 5. The number of rotatable bonds is 15. The Balaban J connectivity index is 0.802. The number of benzene rings is 3. The first kappa shape index (κ1) is 58.2. The number of aliphatic imine (C=N–C) groups is 1. The van der Waals surface area contributed by atoms with Crippen LogP contribution in [0.5, 0.6) is 0 Å². The zero-order valence-electron chi connectivity index (χ0n) is 45.7. The van der Waals surface area contributed by atoms with Crippen LogP contribution in [0.4, 0.5) is 33.3 Å². The fourth-order valence-corrected chi connectivity index (χ4v) is 11.4. The molecule has 0 spiro atoms. The highest BCUT2D eigenvalue weighted by Crippen LogP contribution is 2.38. The Bertz CT molecular complexity index is 2960. The van der Waals surface area contributed by atoms with E-state index in [1.54, 1.807) is 27.3 Å². The average molecular weight is 1120 g/mol. The van der Waals surface area contributed by atoms with E-state index in [0.29, 0.717) is 89.6 Å². The van der Waals surface area contributed by atoms with Gasteiger partial charge in [-0.1, -0.05) is 45.0 Å². The van der Waals surface area contributed by atoms with Crippen molar-refractivity contribution in [3.63, 3.8) is 0 Å². The Morgan fingerprint density at radius 3 is 2.20 bits per heavy atom. The SMILES string of the molecule is Cc1ncsc1-c1ccc(CNC(=O)[C@@H]2CCCN2C(=O)[C@@H](NC(=O)CCCCC(=O)N2CCN(C3=NCC(c4cc(NC(=O)c5ccc(F)cc5C(F)(F)F)c(N5C[C@@H](C)N(C)[C@@H](C)C5)cc4F)=CN3)CC2)C(C)(C)C)cc1. The molecule has 0 unspecified atom stereocenters. The lowest BCUT2D eigenvalue weighted by atomic mass is 9.85. The number of nitrogens with zero attached hydrogens (tertiary/aromatic N) is 7. The van der Waals surface area contributed by atoms with Crippen molar-refractivity contribution in [2.24, 2.45) is 10.4 Å². The Labute approximate surface area is 461 Å². The molecule has 3 saturated heterocycles. The maximum atomic E-state index is 16.2. The zero-order valence-corrected chi connectivity index (χ0v) is 46.6. The van der Waals surface area contributed by atoms with Crippen molar-refractivity contribution in [2.75, 3.05) is 69.6 Å². The van der Waals surface area contributed by atoms with E-state index in [-0.39, 0.29) is 78.1 Å². The molecule has 4 aliphatic heterocycles. The quantitative estimate of drug-likeness (QED) is 0.0674. The van der Waals surface area contributed by atoms with E-state index in [2.05, 4.69) is 36.1 Å². The number of nitrogens with one attached hydrogen (secondary N) is 4. The number of hydrogen-bond acceptors (Lipinski definition) is 12. The number of amides is 5. The molecule has 0 saturated carbocycles. The van der Waals surface area contributed by atoms with Crippen molar-refractivity contribution in [3.05, 3.63) is 106 Å². The second kappa shape index (κ2) is 24.6. The van der Waals surface area contributed by atoms with Gasteiger partial charge in [0.2, 0.25) is 23.6 Å². The lowest BCUT2D eigenvalue weighted by Gasteiger charge is -2.44. The number of hydrogen-bond donors (Lipinski definition) is 4. The van der Waals surface area contributed by atoms with Crippen LogP contribution in [-0.4, -0.2) is 144 Å². The van der Waals surface area contributed by atoms with Gasteiger partial charge < -0.3 is 40.9 Å². The van der Waals surface area contributed by atoms with Gasteiger partial charge in [-0.05, 0) is 106 Å². The molecule has 424 valence electrons. The summed E-state index contributed by atoms with van der Waals surface area (Å²) in [5, 5.41) is 11.7. The highest BCUT2D eigenvalue weighted by atomic mass is 32.1. The number of thiazole rings is 1. The van der Waals surface area contributed by atoms with Crippen LogP contribution in [0.2, 0.25) is 0 Å². The van der Waals surface area contributed by atoms with E-state index in [1.807, 2.05) is 88.2 Å². The van der Waals surface area contributed by atoms with Crippen LogP contribution in [0, 0.1) is 24.0 Å². The molecule has 4 aromatic rings. The summed E-state index contributed by atoms with van der Waals surface area (Å²) in [4.78, 5) is 87.3. The predicted octanol–water partition coefficient (Wildman–Crippen LogP) is 8.04. The second-order valence-electron chi connectivity index (χ2n) is 22.0. The summed E-state index contributed by atoms with van der Waals surface area (Å²) in [6.07, 6.45) is -1.00. The van der Waals surface area contributed by atoms with E-state index in [4.69, 9.17) is 0 Å². The first-order valence-corrected chi connectivity index (χ1v) is 27.7. The summed E-state index contributed by atoms with van der Waals surface area (Å²) in [5.74, 6) is -3.30. The third kappa shape index (κ3) is 13.9.